The fourth-order valence-electron chi connectivity index (χ4n) is 8.36. The van der Waals surface area contributed by atoms with Crippen LogP contribution in [0.3, 0.4) is 0 Å². The third-order valence-electron chi connectivity index (χ3n) is 10.8. The summed E-state index contributed by atoms with van der Waals surface area (Å²) in [7, 11) is 0. The van der Waals surface area contributed by atoms with E-state index in [1.54, 1.807) is 0 Å². The molecule has 248 valence electrons. The van der Waals surface area contributed by atoms with Crippen LogP contribution in [0.4, 0.5) is 0 Å². The van der Waals surface area contributed by atoms with Crippen LogP contribution in [0.15, 0.2) is 206 Å². The Morgan fingerprint density at radius 1 is 0.321 bits per heavy atom. The Morgan fingerprint density at radius 3 is 1.57 bits per heavy atom. The second-order valence-electron chi connectivity index (χ2n) is 13.7. The van der Waals surface area contributed by atoms with Gasteiger partial charge in [-0.3, -0.25) is 0 Å². The van der Waals surface area contributed by atoms with E-state index >= 15 is 0 Å². The van der Waals surface area contributed by atoms with E-state index in [0.29, 0.717) is 5.82 Å². The quantitative estimate of drug-likeness (QED) is 0.175. The summed E-state index contributed by atoms with van der Waals surface area (Å²) < 4.78 is 0. The van der Waals surface area contributed by atoms with Crippen molar-refractivity contribution >= 4 is 10.9 Å². The van der Waals surface area contributed by atoms with Crippen LogP contribution in [0, 0.1) is 0 Å². The summed E-state index contributed by atoms with van der Waals surface area (Å²) in [6.45, 7) is 0. The summed E-state index contributed by atoms with van der Waals surface area (Å²) in [5, 5.41) is 1.03. The monoisotopic (exact) mass is 674 g/mol. The lowest BCUT2D eigenvalue weighted by Gasteiger charge is -2.34. The summed E-state index contributed by atoms with van der Waals surface area (Å²) in [5.74, 6) is 0.717. The van der Waals surface area contributed by atoms with Gasteiger partial charge in [0, 0.05) is 16.5 Å². The number of aromatic nitrogens is 2. The van der Waals surface area contributed by atoms with Crippen LogP contribution < -0.4 is 0 Å². The summed E-state index contributed by atoms with van der Waals surface area (Å²) in [6.07, 6.45) is 0. The lowest BCUT2D eigenvalue weighted by atomic mass is 9.67. The molecule has 8 aromatic carbocycles. The number of fused-ring (bicyclic) bond motifs is 4. The first kappa shape index (κ1) is 30.9. The molecule has 0 fully saturated rings. The predicted octanol–water partition coefficient (Wildman–Crippen LogP) is 12.7. The molecular weight excluding hydrogens is 641 g/mol. The van der Waals surface area contributed by atoms with Gasteiger partial charge >= 0.3 is 0 Å². The van der Waals surface area contributed by atoms with Crippen molar-refractivity contribution in [3.8, 4) is 56.0 Å². The topological polar surface area (TPSA) is 25.8 Å². The molecule has 1 heterocycles. The minimum absolute atomic E-state index is 0.449. The molecule has 0 radical (unpaired) electrons. The van der Waals surface area contributed by atoms with Gasteiger partial charge in [-0.1, -0.05) is 188 Å². The Morgan fingerprint density at radius 2 is 0.830 bits per heavy atom. The van der Waals surface area contributed by atoms with Gasteiger partial charge in [-0.25, -0.2) is 9.97 Å². The maximum atomic E-state index is 5.25. The fourth-order valence-corrected chi connectivity index (χ4v) is 8.36. The Balaban J connectivity index is 1.10. The zero-order chi connectivity index (χ0) is 35.2. The number of nitrogens with zero attached hydrogens (tertiary/aromatic N) is 2. The van der Waals surface area contributed by atoms with E-state index in [0.717, 1.165) is 38.9 Å². The highest BCUT2D eigenvalue weighted by Gasteiger charge is 2.45. The van der Waals surface area contributed by atoms with Crippen LogP contribution in [0.5, 0.6) is 0 Å². The molecule has 1 aromatic heterocycles. The zero-order valence-electron chi connectivity index (χ0n) is 29.0. The summed E-state index contributed by atoms with van der Waals surface area (Å²) >= 11 is 0. The molecule has 0 bridgehead atoms. The van der Waals surface area contributed by atoms with Gasteiger partial charge in [-0.15, -0.1) is 0 Å². The Hall–Kier alpha value is -6.90. The molecule has 0 aliphatic heterocycles. The van der Waals surface area contributed by atoms with E-state index in [1.165, 1.54) is 44.5 Å². The van der Waals surface area contributed by atoms with Crippen molar-refractivity contribution in [2.75, 3.05) is 0 Å². The number of hydrogen-bond donors (Lipinski definition) is 0. The van der Waals surface area contributed by atoms with Gasteiger partial charge in [0.25, 0.3) is 0 Å². The van der Waals surface area contributed by atoms with Crippen molar-refractivity contribution < 1.29 is 0 Å². The van der Waals surface area contributed by atoms with E-state index in [2.05, 4.69) is 194 Å². The molecule has 0 saturated carbocycles. The van der Waals surface area contributed by atoms with E-state index < -0.39 is 5.41 Å². The maximum Gasteiger partial charge on any atom is 0.160 e. The molecule has 1 aliphatic carbocycles. The van der Waals surface area contributed by atoms with Crippen LogP contribution in [0.25, 0.3) is 66.9 Å². The van der Waals surface area contributed by atoms with Gasteiger partial charge in [0.15, 0.2) is 5.82 Å². The van der Waals surface area contributed by atoms with E-state index in [4.69, 9.17) is 9.97 Å². The lowest BCUT2D eigenvalue weighted by Crippen LogP contribution is -2.28. The highest BCUT2D eigenvalue weighted by molar-refractivity contribution is 5.94. The van der Waals surface area contributed by atoms with Crippen molar-refractivity contribution in [1.82, 2.24) is 9.97 Å². The molecule has 10 rings (SSSR count). The van der Waals surface area contributed by atoms with Gasteiger partial charge in [-0.2, -0.15) is 0 Å². The standard InChI is InChI=1S/C51H34N2/c1-3-15-35(16-4-1)36-29-31-37(32-30-36)50-52-48-28-12-9-25-45(48)49(53-50)40-19-13-17-38(33-40)39-18-14-22-42(34-39)51(41-20-5-2-6-21-41)46-26-10-7-23-43(46)44-24-8-11-27-47(44)51/h1-34H. The molecule has 0 N–H and O–H groups in total. The third kappa shape index (κ3) is 5.11. The van der Waals surface area contributed by atoms with Crippen LogP contribution in [-0.4, -0.2) is 9.97 Å². The Labute approximate surface area is 309 Å². The second kappa shape index (κ2) is 12.7. The molecule has 0 atom stereocenters. The first-order chi connectivity index (χ1) is 26.3. The molecular formula is C51H34N2. The van der Waals surface area contributed by atoms with Crippen LogP contribution in [0.2, 0.25) is 0 Å². The van der Waals surface area contributed by atoms with Crippen molar-refractivity contribution in [2.24, 2.45) is 0 Å². The van der Waals surface area contributed by atoms with Gasteiger partial charge < -0.3 is 0 Å². The lowest BCUT2D eigenvalue weighted by molar-refractivity contribution is 0.769. The Bertz CT molecular complexity index is 2720. The largest absolute Gasteiger partial charge is 0.228 e. The summed E-state index contributed by atoms with van der Waals surface area (Å²) in [4.78, 5) is 10.3. The number of rotatable bonds is 6. The first-order valence-electron chi connectivity index (χ1n) is 18.2. The average molecular weight is 675 g/mol. The highest BCUT2D eigenvalue weighted by atomic mass is 14.9. The van der Waals surface area contributed by atoms with Crippen molar-refractivity contribution in [2.45, 2.75) is 5.41 Å². The van der Waals surface area contributed by atoms with Crippen LogP contribution in [0.1, 0.15) is 22.3 Å². The molecule has 0 unspecified atom stereocenters. The molecule has 2 nitrogen and oxygen atoms in total. The highest BCUT2D eigenvalue weighted by Crippen LogP contribution is 2.56. The van der Waals surface area contributed by atoms with Crippen molar-refractivity contribution in [1.29, 1.82) is 0 Å². The molecule has 1 aliphatic rings. The third-order valence-corrected chi connectivity index (χ3v) is 10.8. The number of para-hydroxylation sites is 1. The van der Waals surface area contributed by atoms with Gasteiger partial charge in [0.1, 0.15) is 0 Å². The molecule has 0 saturated heterocycles. The number of hydrogen-bond acceptors (Lipinski definition) is 2. The van der Waals surface area contributed by atoms with Crippen LogP contribution >= 0.6 is 0 Å². The average Bonchev–Trinajstić information content (AvgIpc) is 3.55. The fraction of sp³-hybridized carbons (Fsp3) is 0.0196. The van der Waals surface area contributed by atoms with Crippen molar-refractivity contribution in [3.63, 3.8) is 0 Å². The Kier molecular flexibility index (Phi) is 7.40. The van der Waals surface area contributed by atoms with Crippen molar-refractivity contribution in [3.05, 3.63) is 229 Å². The summed E-state index contributed by atoms with van der Waals surface area (Å²) in [6, 6.07) is 74.0. The predicted molar refractivity (Wildman–Crippen MR) is 219 cm³/mol. The van der Waals surface area contributed by atoms with Gasteiger partial charge in [0.05, 0.1) is 16.6 Å². The molecule has 0 amide bonds. The van der Waals surface area contributed by atoms with Gasteiger partial charge in [0.2, 0.25) is 0 Å². The molecule has 2 heteroatoms. The molecule has 9 aromatic rings. The normalized spacial score (nSPS) is 12.7. The van der Waals surface area contributed by atoms with Gasteiger partial charge in [-0.05, 0) is 73.8 Å². The molecule has 53 heavy (non-hydrogen) atoms. The van der Waals surface area contributed by atoms with E-state index in [9.17, 15) is 0 Å². The smallest absolute Gasteiger partial charge is 0.160 e. The summed E-state index contributed by atoms with van der Waals surface area (Å²) in [5.41, 5.74) is 15.8. The SMILES string of the molecule is c1ccc(-c2ccc(-c3nc(-c4cccc(-c5cccc(C6(c7ccccc7)c7ccccc7-c7ccccc76)c5)c4)c4ccccc4n3)cc2)cc1. The first-order valence-corrected chi connectivity index (χ1v) is 18.2. The molecule has 0 spiro atoms. The van der Waals surface area contributed by atoms with Crippen LogP contribution in [-0.2, 0) is 5.41 Å². The second-order valence-corrected chi connectivity index (χ2v) is 13.7. The zero-order valence-corrected chi connectivity index (χ0v) is 29.0. The van der Waals surface area contributed by atoms with E-state index in [1.807, 2.05) is 12.1 Å². The minimum atomic E-state index is -0.449. The maximum absolute atomic E-state index is 5.25. The minimum Gasteiger partial charge on any atom is -0.228 e. The van der Waals surface area contributed by atoms with E-state index in [-0.39, 0.29) is 0 Å². The number of benzene rings is 8.